The Morgan fingerprint density at radius 1 is 1.50 bits per heavy atom. The predicted molar refractivity (Wildman–Crippen MR) is 42.8 cm³/mol. The SMILES string of the molecule is CSCCC(=O)C(=O)O.[NaH]. The number of aliphatic carboxylic acids is 1. The van der Waals surface area contributed by atoms with Crippen molar-refractivity contribution in [1.82, 2.24) is 0 Å². The summed E-state index contributed by atoms with van der Waals surface area (Å²) in [6, 6.07) is 0. The van der Waals surface area contributed by atoms with Crippen molar-refractivity contribution >= 4 is 53.1 Å². The molecule has 0 heterocycles. The molecule has 0 aliphatic heterocycles. The Morgan fingerprint density at radius 2 is 2.00 bits per heavy atom. The molecule has 0 aliphatic rings. The summed E-state index contributed by atoms with van der Waals surface area (Å²) in [5.74, 6) is -1.45. The van der Waals surface area contributed by atoms with E-state index in [4.69, 9.17) is 5.11 Å². The summed E-state index contributed by atoms with van der Waals surface area (Å²) < 4.78 is 0. The molecule has 3 nitrogen and oxygen atoms in total. The summed E-state index contributed by atoms with van der Waals surface area (Å²) in [6.45, 7) is 0. The molecule has 0 aromatic rings. The summed E-state index contributed by atoms with van der Waals surface area (Å²) in [5, 5.41) is 8.05. The van der Waals surface area contributed by atoms with Gasteiger partial charge in [-0.25, -0.2) is 4.79 Å². The normalized spacial score (nSPS) is 8.10. The van der Waals surface area contributed by atoms with E-state index in [0.29, 0.717) is 5.75 Å². The van der Waals surface area contributed by atoms with Crippen molar-refractivity contribution in [1.29, 1.82) is 0 Å². The molecule has 10 heavy (non-hydrogen) atoms. The average molecular weight is 172 g/mol. The Labute approximate surface area is 85.9 Å². The van der Waals surface area contributed by atoms with Crippen molar-refractivity contribution in [3.8, 4) is 0 Å². The first-order valence-electron chi connectivity index (χ1n) is 2.43. The van der Waals surface area contributed by atoms with Gasteiger partial charge in [0.15, 0.2) is 0 Å². The average Bonchev–Trinajstić information content (AvgIpc) is 1.82. The maximum atomic E-state index is 10.3. The van der Waals surface area contributed by atoms with Crippen molar-refractivity contribution in [2.75, 3.05) is 12.0 Å². The van der Waals surface area contributed by atoms with Gasteiger partial charge in [0.1, 0.15) is 0 Å². The molecule has 5 heteroatoms. The minimum absolute atomic E-state index is 0. The van der Waals surface area contributed by atoms with E-state index in [1.165, 1.54) is 11.8 Å². The molecule has 0 bridgehead atoms. The topological polar surface area (TPSA) is 54.4 Å². The first-order chi connectivity index (χ1) is 4.18. The summed E-state index contributed by atoms with van der Waals surface area (Å²) in [7, 11) is 0. The van der Waals surface area contributed by atoms with Gasteiger partial charge in [-0.05, 0) is 6.26 Å². The van der Waals surface area contributed by atoms with E-state index >= 15 is 0 Å². The fourth-order valence-electron chi connectivity index (χ4n) is 0.302. The van der Waals surface area contributed by atoms with Gasteiger partial charge in [0.2, 0.25) is 5.78 Å². The van der Waals surface area contributed by atoms with E-state index in [1.807, 2.05) is 6.26 Å². The molecule has 0 radical (unpaired) electrons. The van der Waals surface area contributed by atoms with Gasteiger partial charge in [-0.2, -0.15) is 11.8 Å². The molecule has 1 N–H and O–H groups in total. The van der Waals surface area contributed by atoms with Crippen LogP contribution in [-0.2, 0) is 9.59 Å². The van der Waals surface area contributed by atoms with Crippen LogP contribution < -0.4 is 0 Å². The third-order valence-corrected chi connectivity index (χ3v) is 1.38. The number of Topliss-reactive ketones (excluding diaryl/α,β-unsaturated/α-hetero) is 1. The molecule has 0 spiro atoms. The zero-order chi connectivity index (χ0) is 7.28. The summed E-state index contributed by atoms with van der Waals surface area (Å²) in [5.41, 5.74) is 0. The summed E-state index contributed by atoms with van der Waals surface area (Å²) >= 11 is 1.46. The van der Waals surface area contributed by atoms with E-state index in [-0.39, 0.29) is 36.0 Å². The molecule has 0 rings (SSSR count). The van der Waals surface area contributed by atoms with Crippen molar-refractivity contribution in [3.63, 3.8) is 0 Å². The van der Waals surface area contributed by atoms with E-state index in [9.17, 15) is 9.59 Å². The number of thioether (sulfide) groups is 1. The molecule has 0 amide bonds. The fraction of sp³-hybridized carbons (Fsp3) is 0.600. The number of hydrogen-bond donors (Lipinski definition) is 1. The zero-order valence-electron chi connectivity index (χ0n) is 5.09. The number of carbonyl (C=O) groups is 2. The quantitative estimate of drug-likeness (QED) is 0.469. The molecule has 0 unspecified atom stereocenters. The summed E-state index contributed by atoms with van der Waals surface area (Å²) in [6.07, 6.45) is 1.96. The van der Waals surface area contributed by atoms with Gasteiger partial charge < -0.3 is 5.11 Å². The third-order valence-electron chi connectivity index (χ3n) is 0.772. The Balaban J connectivity index is 0. The van der Waals surface area contributed by atoms with Crippen LogP contribution in [0.25, 0.3) is 0 Å². The van der Waals surface area contributed by atoms with Crippen molar-refractivity contribution in [3.05, 3.63) is 0 Å². The Kier molecular flexibility index (Phi) is 9.96. The second kappa shape index (κ2) is 7.60. The van der Waals surface area contributed by atoms with Gasteiger partial charge in [0, 0.05) is 12.2 Å². The van der Waals surface area contributed by atoms with Crippen molar-refractivity contribution < 1.29 is 14.7 Å². The van der Waals surface area contributed by atoms with Gasteiger partial charge >= 0.3 is 35.5 Å². The molecule has 0 aromatic heterocycles. The number of rotatable bonds is 4. The van der Waals surface area contributed by atoms with Crippen LogP contribution in [0, 0.1) is 0 Å². The van der Waals surface area contributed by atoms with Crippen LogP contribution in [0.5, 0.6) is 0 Å². The van der Waals surface area contributed by atoms with E-state index in [2.05, 4.69) is 0 Å². The minimum atomic E-state index is -1.33. The van der Waals surface area contributed by atoms with Crippen LogP contribution in [0.2, 0.25) is 0 Å². The number of carboxylic acids is 1. The first-order valence-corrected chi connectivity index (χ1v) is 3.83. The fourth-order valence-corrected chi connectivity index (χ4v) is 0.691. The molecule has 0 aliphatic carbocycles. The van der Waals surface area contributed by atoms with Crippen LogP contribution in [-0.4, -0.2) is 58.4 Å². The molecule has 0 saturated heterocycles. The van der Waals surface area contributed by atoms with Gasteiger partial charge in [0.05, 0.1) is 0 Å². The molecule has 0 aromatic carbocycles. The van der Waals surface area contributed by atoms with E-state index in [0.717, 1.165) is 0 Å². The monoisotopic (exact) mass is 172 g/mol. The van der Waals surface area contributed by atoms with E-state index < -0.39 is 11.8 Å². The molecule has 0 fully saturated rings. The Morgan fingerprint density at radius 3 is 2.30 bits per heavy atom. The van der Waals surface area contributed by atoms with Crippen LogP contribution in [0.15, 0.2) is 0 Å². The van der Waals surface area contributed by atoms with Crippen LogP contribution in [0.1, 0.15) is 6.42 Å². The zero-order valence-corrected chi connectivity index (χ0v) is 5.90. The van der Waals surface area contributed by atoms with Crippen LogP contribution in [0.3, 0.4) is 0 Å². The Bertz CT molecular complexity index is 126. The molecule has 0 saturated carbocycles. The van der Waals surface area contributed by atoms with Crippen LogP contribution >= 0.6 is 11.8 Å². The van der Waals surface area contributed by atoms with Crippen LogP contribution in [0.4, 0.5) is 0 Å². The van der Waals surface area contributed by atoms with Gasteiger partial charge in [-0.1, -0.05) is 0 Å². The molecule has 54 valence electrons. The third kappa shape index (κ3) is 6.61. The van der Waals surface area contributed by atoms with Gasteiger partial charge in [-0.15, -0.1) is 0 Å². The second-order valence-electron chi connectivity index (χ2n) is 1.47. The Hall–Kier alpha value is 0.490. The molecular weight excluding hydrogens is 163 g/mol. The number of hydrogen-bond acceptors (Lipinski definition) is 3. The van der Waals surface area contributed by atoms with E-state index in [1.54, 1.807) is 0 Å². The van der Waals surface area contributed by atoms with Crippen molar-refractivity contribution in [2.24, 2.45) is 0 Å². The maximum absolute atomic E-state index is 10.3. The number of ketones is 1. The number of carboxylic acid groups (broad SMARTS) is 1. The predicted octanol–water partition coefficient (Wildman–Crippen LogP) is -0.255. The molecule has 0 atom stereocenters. The van der Waals surface area contributed by atoms with Gasteiger partial charge in [0.25, 0.3) is 0 Å². The number of carbonyl (C=O) groups excluding carboxylic acids is 1. The molecular formula is C5H9NaO3S. The second-order valence-corrected chi connectivity index (χ2v) is 2.46. The first kappa shape index (κ1) is 13.1. The summed E-state index contributed by atoms with van der Waals surface area (Å²) in [4.78, 5) is 20.1. The van der Waals surface area contributed by atoms with Crippen molar-refractivity contribution in [2.45, 2.75) is 6.42 Å². The van der Waals surface area contributed by atoms with Gasteiger partial charge in [-0.3, -0.25) is 4.79 Å². The standard InChI is InChI=1S/C5H8O3S.Na.H/c1-9-3-2-4(6)5(7)8;;/h2-3H2,1H3,(H,7,8);;.